The molecule has 3 aromatic rings. The summed E-state index contributed by atoms with van der Waals surface area (Å²) >= 11 is 0. The lowest BCUT2D eigenvalue weighted by atomic mass is 9.98. The molecule has 0 spiro atoms. The molecule has 0 atom stereocenters. The minimum Gasteiger partial charge on any atom is -0.207 e. The third-order valence-electron chi connectivity index (χ3n) is 5.19. The molecule has 0 N–H and O–H groups in total. The van der Waals surface area contributed by atoms with E-state index in [1.165, 1.54) is 65.6 Å². The van der Waals surface area contributed by atoms with Gasteiger partial charge in [0.05, 0.1) is 0 Å². The van der Waals surface area contributed by atoms with Gasteiger partial charge in [-0.25, -0.2) is 4.39 Å². The van der Waals surface area contributed by atoms with Crippen LogP contribution in [0.1, 0.15) is 42.9 Å². The number of benzene rings is 3. The number of halogens is 1. The molecule has 25 heavy (non-hydrogen) atoms. The molecular weight excluding hydrogens is 307 g/mol. The normalized spacial score (nSPS) is 12.1. The fourth-order valence-corrected chi connectivity index (χ4v) is 3.82. The summed E-state index contributed by atoms with van der Waals surface area (Å²) in [6.45, 7) is 2.25. The molecule has 1 aliphatic rings. The Labute approximate surface area is 149 Å². The molecule has 3 aromatic carbocycles. The Hall–Kier alpha value is -2.41. The molecule has 0 aliphatic heterocycles. The molecule has 0 fully saturated rings. The highest BCUT2D eigenvalue weighted by Gasteiger charge is 2.19. The lowest BCUT2D eigenvalue weighted by molar-refractivity contribution is 0.628. The number of hydrogen-bond donors (Lipinski definition) is 0. The first kappa shape index (κ1) is 16.1. The van der Waals surface area contributed by atoms with Gasteiger partial charge >= 0.3 is 0 Å². The van der Waals surface area contributed by atoms with Gasteiger partial charge in [0.1, 0.15) is 5.82 Å². The van der Waals surface area contributed by atoms with Crippen LogP contribution in [0.4, 0.5) is 4.39 Å². The molecular formula is C24H23F. The van der Waals surface area contributed by atoms with E-state index >= 15 is 0 Å². The number of rotatable bonds is 5. The minimum absolute atomic E-state index is 0.187. The van der Waals surface area contributed by atoms with Gasteiger partial charge in [-0.3, -0.25) is 0 Å². The molecule has 0 aromatic heterocycles. The van der Waals surface area contributed by atoms with Crippen molar-refractivity contribution in [2.24, 2.45) is 0 Å². The Kier molecular flexibility index (Phi) is 4.40. The second-order valence-electron chi connectivity index (χ2n) is 7.00. The Morgan fingerprint density at radius 3 is 2.20 bits per heavy atom. The molecule has 126 valence electrons. The number of hydrogen-bond acceptors (Lipinski definition) is 0. The number of aryl methyl sites for hydroxylation is 1. The maximum Gasteiger partial charge on any atom is 0.123 e. The highest BCUT2D eigenvalue weighted by molar-refractivity contribution is 5.80. The second kappa shape index (κ2) is 6.84. The van der Waals surface area contributed by atoms with Crippen molar-refractivity contribution in [2.45, 2.75) is 39.0 Å². The monoisotopic (exact) mass is 330 g/mol. The van der Waals surface area contributed by atoms with Gasteiger partial charge < -0.3 is 0 Å². The van der Waals surface area contributed by atoms with Crippen LogP contribution in [-0.4, -0.2) is 0 Å². The summed E-state index contributed by atoms with van der Waals surface area (Å²) in [5.41, 5.74) is 9.23. The summed E-state index contributed by atoms with van der Waals surface area (Å²) in [6.07, 6.45) is 6.03. The average Bonchev–Trinajstić information content (AvgIpc) is 2.99. The molecule has 1 heteroatoms. The lowest BCUT2D eigenvalue weighted by Gasteiger charge is -2.06. The minimum atomic E-state index is -0.187. The van der Waals surface area contributed by atoms with Crippen molar-refractivity contribution in [3.05, 3.63) is 83.2 Å². The maximum absolute atomic E-state index is 13.2. The maximum atomic E-state index is 13.2. The van der Waals surface area contributed by atoms with Gasteiger partial charge in [-0.2, -0.15) is 0 Å². The molecule has 0 saturated heterocycles. The SMILES string of the molecule is CCCCCc1ccc2c(c1)Cc1cc(-c3ccc(F)cc3)ccc1-2. The van der Waals surface area contributed by atoms with Crippen molar-refractivity contribution in [1.82, 2.24) is 0 Å². The molecule has 1 aliphatic carbocycles. The van der Waals surface area contributed by atoms with Crippen LogP contribution < -0.4 is 0 Å². The highest BCUT2D eigenvalue weighted by Crippen LogP contribution is 2.39. The van der Waals surface area contributed by atoms with Gasteiger partial charge in [0.2, 0.25) is 0 Å². The zero-order valence-electron chi connectivity index (χ0n) is 14.7. The molecule has 4 rings (SSSR count). The molecule has 0 heterocycles. The van der Waals surface area contributed by atoms with Crippen molar-refractivity contribution in [2.75, 3.05) is 0 Å². The molecule has 0 radical (unpaired) electrons. The van der Waals surface area contributed by atoms with Crippen molar-refractivity contribution in [1.29, 1.82) is 0 Å². The van der Waals surface area contributed by atoms with Crippen LogP contribution in [0.15, 0.2) is 60.7 Å². The van der Waals surface area contributed by atoms with Crippen LogP contribution >= 0.6 is 0 Å². The first-order valence-corrected chi connectivity index (χ1v) is 9.25. The average molecular weight is 330 g/mol. The Balaban J connectivity index is 1.60. The van der Waals surface area contributed by atoms with Crippen molar-refractivity contribution in [3.8, 4) is 22.3 Å². The Morgan fingerprint density at radius 1 is 0.760 bits per heavy atom. The van der Waals surface area contributed by atoms with Gasteiger partial charge in [-0.05, 0) is 70.3 Å². The van der Waals surface area contributed by atoms with Gasteiger partial charge in [-0.15, -0.1) is 0 Å². The highest BCUT2D eigenvalue weighted by atomic mass is 19.1. The van der Waals surface area contributed by atoms with Crippen molar-refractivity contribution < 1.29 is 4.39 Å². The van der Waals surface area contributed by atoms with Crippen LogP contribution in [0.25, 0.3) is 22.3 Å². The van der Waals surface area contributed by atoms with Gasteiger partial charge in [0, 0.05) is 0 Å². The first-order valence-electron chi connectivity index (χ1n) is 9.25. The zero-order valence-corrected chi connectivity index (χ0v) is 14.7. The zero-order chi connectivity index (χ0) is 17.2. The van der Waals surface area contributed by atoms with E-state index < -0.39 is 0 Å². The number of fused-ring (bicyclic) bond motifs is 3. The summed E-state index contributed by atoms with van der Waals surface area (Å²) in [5, 5.41) is 0. The van der Waals surface area contributed by atoms with Crippen LogP contribution in [0.3, 0.4) is 0 Å². The third-order valence-corrected chi connectivity index (χ3v) is 5.19. The predicted octanol–water partition coefficient (Wildman–Crippen LogP) is 6.80. The first-order chi connectivity index (χ1) is 12.2. The topological polar surface area (TPSA) is 0 Å². The Bertz CT molecular complexity index is 890. The van der Waals surface area contributed by atoms with Crippen molar-refractivity contribution >= 4 is 0 Å². The molecule has 0 unspecified atom stereocenters. The summed E-state index contributed by atoms with van der Waals surface area (Å²) in [5.74, 6) is -0.187. The summed E-state index contributed by atoms with van der Waals surface area (Å²) in [6, 6.07) is 20.4. The van der Waals surface area contributed by atoms with Gasteiger partial charge in [0.25, 0.3) is 0 Å². The smallest absolute Gasteiger partial charge is 0.123 e. The van der Waals surface area contributed by atoms with E-state index in [2.05, 4.69) is 43.3 Å². The largest absolute Gasteiger partial charge is 0.207 e. The summed E-state index contributed by atoms with van der Waals surface area (Å²) < 4.78 is 13.2. The second-order valence-corrected chi connectivity index (χ2v) is 7.00. The molecule has 0 nitrogen and oxygen atoms in total. The van der Waals surface area contributed by atoms with Gasteiger partial charge in [0.15, 0.2) is 0 Å². The van der Waals surface area contributed by atoms with Crippen LogP contribution in [0.5, 0.6) is 0 Å². The number of unbranched alkanes of at least 4 members (excludes halogenated alkanes) is 2. The molecule has 0 saturated carbocycles. The quantitative estimate of drug-likeness (QED) is 0.353. The van der Waals surface area contributed by atoms with Crippen molar-refractivity contribution in [3.63, 3.8) is 0 Å². The van der Waals surface area contributed by atoms with E-state index in [4.69, 9.17) is 0 Å². The van der Waals surface area contributed by atoms with E-state index in [0.29, 0.717) is 0 Å². The van der Waals surface area contributed by atoms with E-state index in [1.54, 1.807) is 0 Å². The van der Waals surface area contributed by atoms with E-state index in [-0.39, 0.29) is 5.82 Å². The molecule has 0 amide bonds. The van der Waals surface area contributed by atoms with Crippen LogP contribution in [0.2, 0.25) is 0 Å². The van der Waals surface area contributed by atoms with E-state index in [1.807, 2.05) is 12.1 Å². The van der Waals surface area contributed by atoms with E-state index in [9.17, 15) is 4.39 Å². The Morgan fingerprint density at radius 2 is 1.44 bits per heavy atom. The fourth-order valence-electron chi connectivity index (χ4n) is 3.82. The van der Waals surface area contributed by atoms with Crippen LogP contribution in [0, 0.1) is 5.82 Å². The third kappa shape index (κ3) is 3.24. The lowest BCUT2D eigenvalue weighted by Crippen LogP contribution is -1.88. The van der Waals surface area contributed by atoms with Crippen LogP contribution in [-0.2, 0) is 12.8 Å². The van der Waals surface area contributed by atoms with Gasteiger partial charge in [-0.1, -0.05) is 68.3 Å². The summed E-state index contributed by atoms with van der Waals surface area (Å²) in [7, 11) is 0. The fraction of sp³-hybridized carbons (Fsp3) is 0.250. The predicted molar refractivity (Wildman–Crippen MR) is 103 cm³/mol. The standard InChI is InChI=1S/C24H23F/c1-2-3-4-5-17-6-12-23-20(14-17)16-21-15-19(9-13-24(21)23)18-7-10-22(25)11-8-18/h6-15H,2-5,16H2,1H3. The van der Waals surface area contributed by atoms with E-state index in [0.717, 1.165) is 17.5 Å². The molecule has 0 bridgehead atoms. The summed E-state index contributed by atoms with van der Waals surface area (Å²) in [4.78, 5) is 0.